The van der Waals surface area contributed by atoms with Gasteiger partial charge in [-0.25, -0.2) is 4.79 Å². The number of nitrogens with one attached hydrogen (secondary N) is 3. The van der Waals surface area contributed by atoms with E-state index in [4.69, 9.17) is 4.42 Å². The van der Waals surface area contributed by atoms with E-state index >= 15 is 0 Å². The molecule has 3 N–H and O–H groups in total. The van der Waals surface area contributed by atoms with E-state index in [2.05, 4.69) is 15.3 Å². The number of anilines is 1. The lowest BCUT2D eigenvalue weighted by Gasteiger charge is -2.23. The highest BCUT2D eigenvalue weighted by Gasteiger charge is 2.22. The first kappa shape index (κ1) is 11.4. The molecule has 1 aliphatic carbocycles. The molecule has 1 unspecified atom stereocenters. The molecule has 0 fully saturated rings. The van der Waals surface area contributed by atoms with Crippen LogP contribution < -0.4 is 11.0 Å². The first-order valence-electron chi connectivity index (χ1n) is 6.84. The Morgan fingerprint density at radius 2 is 2.10 bits per heavy atom. The van der Waals surface area contributed by atoms with E-state index in [0.29, 0.717) is 0 Å². The average Bonchev–Trinajstić information content (AvgIpc) is 3.03. The molecule has 1 atom stereocenters. The fourth-order valence-corrected chi connectivity index (χ4v) is 2.96. The Hall–Kier alpha value is -2.43. The minimum absolute atomic E-state index is 0.174. The number of H-pyrrole nitrogens is 2. The first-order chi connectivity index (χ1) is 9.79. The van der Waals surface area contributed by atoms with Crippen molar-refractivity contribution in [1.82, 2.24) is 9.97 Å². The maximum absolute atomic E-state index is 11.3. The van der Waals surface area contributed by atoms with E-state index in [-0.39, 0.29) is 11.7 Å². The van der Waals surface area contributed by atoms with E-state index in [0.717, 1.165) is 41.7 Å². The lowest BCUT2D eigenvalue weighted by molar-refractivity contribution is 0.461. The number of fused-ring (bicyclic) bond motifs is 2. The van der Waals surface area contributed by atoms with Gasteiger partial charge < -0.3 is 19.7 Å². The van der Waals surface area contributed by atoms with Crippen LogP contribution in [0.3, 0.4) is 0 Å². The molecule has 0 spiro atoms. The van der Waals surface area contributed by atoms with Gasteiger partial charge in [0.25, 0.3) is 0 Å². The average molecular weight is 269 g/mol. The molecule has 5 heteroatoms. The summed E-state index contributed by atoms with van der Waals surface area (Å²) in [6.07, 6.45) is 5.00. The molecule has 0 radical (unpaired) electrons. The van der Waals surface area contributed by atoms with Crippen molar-refractivity contribution in [3.05, 3.63) is 52.3 Å². The van der Waals surface area contributed by atoms with Crippen molar-refractivity contribution < 1.29 is 4.42 Å². The van der Waals surface area contributed by atoms with Gasteiger partial charge in [-0.2, -0.15) is 0 Å². The van der Waals surface area contributed by atoms with Gasteiger partial charge in [-0.05, 0) is 37.1 Å². The van der Waals surface area contributed by atoms with Gasteiger partial charge in [0.1, 0.15) is 5.76 Å². The van der Waals surface area contributed by atoms with Crippen molar-refractivity contribution in [3.8, 4) is 0 Å². The molecule has 4 rings (SSSR count). The lowest BCUT2D eigenvalue weighted by Crippen LogP contribution is -2.15. The molecular formula is C15H15N3O2. The quantitative estimate of drug-likeness (QED) is 0.669. The highest BCUT2D eigenvalue weighted by atomic mass is 16.3. The van der Waals surface area contributed by atoms with E-state index in [1.165, 1.54) is 5.56 Å². The lowest BCUT2D eigenvalue weighted by atomic mass is 9.93. The fraction of sp³-hybridized carbons (Fsp3) is 0.267. The second-order valence-electron chi connectivity index (χ2n) is 5.23. The summed E-state index contributed by atoms with van der Waals surface area (Å²) in [5.74, 6) is 1.09. The van der Waals surface area contributed by atoms with Gasteiger partial charge in [-0.3, -0.25) is 0 Å². The van der Waals surface area contributed by atoms with Crippen LogP contribution in [0.4, 0.5) is 5.69 Å². The summed E-state index contributed by atoms with van der Waals surface area (Å²) >= 11 is 0. The Morgan fingerprint density at radius 1 is 1.20 bits per heavy atom. The van der Waals surface area contributed by atoms with Crippen LogP contribution in [0, 0.1) is 0 Å². The summed E-state index contributed by atoms with van der Waals surface area (Å²) in [7, 11) is 0. The number of aromatic nitrogens is 2. The smallest absolute Gasteiger partial charge is 0.323 e. The van der Waals surface area contributed by atoms with Crippen molar-refractivity contribution in [2.45, 2.75) is 25.3 Å². The Morgan fingerprint density at radius 3 is 3.05 bits per heavy atom. The Kier molecular flexibility index (Phi) is 2.45. The largest absolute Gasteiger partial charge is 0.469 e. The molecule has 0 aliphatic heterocycles. The van der Waals surface area contributed by atoms with Crippen LogP contribution in [-0.2, 0) is 6.42 Å². The minimum Gasteiger partial charge on any atom is -0.469 e. The monoisotopic (exact) mass is 269 g/mol. The van der Waals surface area contributed by atoms with Crippen molar-refractivity contribution in [2.75, 3.05) is 5.32 Å². The number of aromatic amines is 2. The van der Waals surface area contributed by atoms with E-state index in [1.807, 2.05) is 24.3 Å². The summed E-state index contributed by atoms with van der Waals surface area (Å²) in [5.41, 5.74) is 3.73. The first-order valence-corrected chi connectivity index (χ1v) is 6.84. The van der Waals surface area contributed by atoms with Crippen LogP contribution in [0.2, 0.25) is 0 Å². The molecule has 2 aromatic heterocycles. The van der Waals surface area contributed by atoms with Crippen molar-refractivity contribution >= 4 is 16.7 Å². The summed E-state index contributed by atoms with van der Waals surface area (Å²) in [4.78, 5) is 16.8. The van der Waals surface area contributed by atoms with Gasteiger partial charge in [0.2, 0.25) is 0 Å². The van der Waals surface area contributed by atoms with E-state index < -0.39 is 0 Å². The predicted octanol–water partition coefficient (Wildman–Crippen LogP) is 2.94. The summed E-state index contributed by atoms with van der Waals surface area (Å²) in [6.45, 7) is 0. The van der Waals surface area contributed by atoms with Gasteiger partial charge in [0, 0.05) is 17.7 Å². The van der Waals surface area contributed by atoms with Crippen LogP contribution in [0.25, 0.3) is 11.0 Å². The number of aryl methyl sites for hydroxylation is 1. The number of imidazole rings is 1. The van der Waals surface area contributed by atoms with Crippen LogP contribution >= 0.6 is 0 Å². The van der Waals surface area contributed by atoms with Crippen LogP contribution in [0.5, 0.6) is 0 Å². The summed E-state index contributed by atoms with van der Waals surface area (Å²) in [6, 6.07) is 8.18. The third-order valence-corrected chi connectivity index (χ3v) is 3.91. The SMILES string of the molecule is O=c1[nH]c2ccc(NC3CCCc4occc43)cc2[nH]1. The molecule has 102 valence electrons. The standard InChI is InChI=1S/C15H15N3O2/c19-15-17-12-5-4-9(8-13(12)18-15)16-11-2-1-3-14-10(11)6-7-20-14/h4-8,11,16H,1-3H2,(H2,17,18,19). The molecule has 0 amide bonds. The Bertz CT molecular complexity index is 812. The topological polar surface area (TPSA) is 73.8 Å². The molecule has 5 nitrogen and oxygen atoms in total. The zero-order valence-corrected chi connectivity index (χ0v) is 10.9. The highest BCUT2D eigenvalue weighted by Crippen LogP contribution is 2.33. The fourth-order valence-electron chi connectivity index (χ4n) is 2.96. The van der Waals surface area contributed by atoms with Gasteiger partial charge in [-0.15, -0.1) is 0 Å². The number of rotatable bonds is 2. The van der Waals surface area contributed by atoms with Crippen molar-refractivity contribution in [1.29, 1.82) is 0 Å². The number of hydrogen-bond donors (Lipinski definition) is 3. The van der Waals surface area contributed by atoms with E-state index in [1.54, 1.807) is 6.26 Å². The second kappa shape index (κ2) is 4.30. The van der Waals surface area contributed by atoms with E-state index in [9.17, 15) is 4.79 Å². The molecule has 0 bridgehead atoms. The highest BCUT2D eigenvalue weighted by molar-refractivity contribution is 5.78. The molecule has 0 saturated heterocycles. The molecule has 1 aliphatic rings. The molecule has 2 heterocycles. The summed E-state index contributed by atoms with van der Waals surface area (Å²) < 4.78 is 5.50. The third-order valence-electron chi connectivity index (χ3n) is 3.91. The molecule has 1 aromatic carbocycles. The molecule has 20 heavy (non-hydrogen) atoms. The third kappa shape index (κ3) is 1.82. The Balaban J connectivity index is 1.66. The number of hydrogen-bond acceptors (Lipinski definition) is 3. The molecule has 3 aromatic rings. The molecule has 0 saturated carbocycles. The zero-order valence-electron chi connectivity index (χ0n) is 10.9. The summed E-state index contributed by atoms with van der Waals surface area (Å²) in [5, 5.41) is 3.53. The van der Waals surface area contributed by atoms with Gasteiger partial charge in [0.15, 0.2) is 0 Å². The van der Waals surface area contributed by atoms with Crippen molar-refractivity contribution in [3.63, 3.8) is 0 Å². The number of benzene rings is 1. The van der Waals surface area contributed by atoms with Gasteiger partial charge >= 0.3 is 5.69 Å². The van der Waals surface area contributed by atoms with Gasteiger partial charge in [0.05, 0.1) is 23.3 Å². The van der Waals surface area contributed by atoms with Gasteiger partial charge in [-0.1, -0.05) is 0 Å². The van der Waals surface area contributed by atoms with Crippen LogP contribution in [0.15, 0.2) is 39.7 Å². The Labute approximate surface area is 115 Å². The number of furan rings is 1. The maximum atomic E-state index is 11.3. The van der Waals surface area contributed by atoms with Crippen molar-refractivity contribution in [2.24, 2.45) is 0 Å². The minimum atomic E-state index is -0.174. The normalized spacial score (nSPS) is 18.1. The van der Waals surface area contributed by atoms with Crippen LogP contribution in [0.1, 0.15) is 30.2 Å². The zero-order chi connectivity index (χ0) is 13.5. The predicted molar refractivity (Wildman–Crippen MR) is 76.9 cm³/mol. The maximum Gasteiger partial charge on any atom is 0.323 e. The van der Waals surface area contributed by atoms with Crippen LogP contribution in [-0.4, -0.2) is 9.97 Å². The molecular weight excluding hydrogens is 254 g/mol. The second-order valence-corrected chi connectivity index (χ2v) is 5.23.